The van der Waals surface area contributed by atoms with Crippen molar-refractivity contribution in [3.8, 4) is 17.2 Å². The van der Waals surface area contributed by atoms with E-state index in [0.29, 0.717) is 17.9 Å². The standard InChI is InChI=1S/C24H25NO4/c1-4-29-20-15-11-18(12-16-20)23(17-9-13-19(27-2)14-10-17)25-24(26)21-7-5-6-8-22(21)28-3/h5-16,23H,4H2,1-3H3,(H,25,26)/t23-/m0/s1. The minimum atomic E-state index is -0.339. The number of ether oxygens (including phenoxy) is 3. The van der Waals surface area contributed by atoms with Crippen LogP contribution in [0.2, 0.25) is 0 Å². The molecule has 0 aromatic heterocycles. The largest absolute Gasteiger partial charge is 0.497 e. The second-order valence-corrected chi connectivity index (χ2v) is 6.38. The minimum Gasteiger partial charge on any atom is -0.497 e. The van der Waals surface area contributed by atoms with Gasteiger partial charge in [-0.1, -0.05) is 36.4 Å². The van der Waals surface area contributed by atoms with Crippen LogP contribution in [0.5, 0.6) is 17.2 Å². The first-order valence-corrected chi connectivity index (χ1v) is 9.46. The van der Waals surface area contributed by atoms with Gasteiger partial charge >= 0.3 is 0 Å². The lowest BCUT2D eigenvalue weighted by molar-refractivity contribution is 0.0940. The van der Waals surface area contributed by atoms with Gasteiger partial charge in [0, 0.05) is 0 Å². The summed E-state index contributed by atoms with van der Waals surface area (Å²) in [6.07, 6.45) is 0. The van der Waals surface area contributed by atoms with Crippen LogP contribution < -0.4 is 19.5 Å². The quantitative estimate of drug-likeness (QED) is 0.609. The molecule has 1 N–H and O–H groups in total. The molecule has 0 heterocycles. The molecular weight excluding hydrogens is 366 g/mol. The van der Waals surface area contributed by atoms with Gasteiger partial charge in [-0.2, -0.15) is 0 Å². The fourth-order valence-corrected chi connectivity index (χ4v) is 3.12. The summed E-state index contributed by atoms with van der Waals surface area (Å²) in [4.78, 5) is 13.0. The van der Waals surface area contributed by atoms with E-state index in [2.05, 4.69) is 5.32 Å². The molecule has 29 heavy (non-hydrogen) atoms. The Labute approximate surface area is 171 Å². The van der Waals surface area contributed by atoms with E-state index in [9.17, 15) is 4.79 Å². The van der Waals surface area contributed by atoms with Crippen molar-refractivity contribution in [2.75, 3.05) is 20.8 Å². The predicted molar refractivity (Wildman–Crippen MR) is 113 cm³/mol. The molecular formula is C24H25NO4. The Bertz CT molecular complexity index is 936. The van der Waals surface area contributed by atoms with Gasteiger partial charge in [0.05, 0.1) is 32.4 Å². The highest BCUT2D eigenvalue weighted by Gasteiger charge is 2.20. The zero-order chi connectivity index (χ0) is 20.6. The van der Waals surface area contributed by atoms with Crippen LogP contribution in [-0.4, -0.2) is 26.7 Å². The third-order valence-electron chi connectivity index (χ3n) is 4.60. The summed E-state index contributed by atoms with van der Waals surface area (Å²) in [6.45, 7) is 2.55. The van der Waals surface area contributed by atoms with E-state index in [-0.39, 0.29) is 11.9 Å². The summed E-state index contributed by atoms with van der Waals surface area (Å²) in [5.74, 6) is 1.87. The van der Waals surface area contributed by atoms with Crippen LogP contribution in [0.15, 0.2) is 72.8 Å². The van der Waals surface area contributed by atoms with Gasteiger partial charge in [-0.15, -0.1) is 0 Å². The van der Waals surface area contributed by atoms with Crippen LogP contribution in [-0.2, 0) is 0 Å². The Hall–Kier alpha value is -3.47. The van der Waals surface area contributed by atoms with Gasteiger partial charge < -0.3 is 19.5 Å². The molecule has 0 fully saturated rings. The Morgan fingerprint density at radius 3 is 1.97 bits per heavy atom. The third kappa shape index (κ3) is 4.88. The van der Waals surface area contributed by atoms with E-state index in [1.807, 2.05) is 67.6 Å². The Morgan fingerprint density at radius 2 is 1.41 bits per heavy atom. The fraction of sp³-hybridized carbons (Fsp3) is 0.208. The highest BCUT2D eigenvalue weighted by atomic mass is 16.5. The number of para-hydroxylation sites is 1. The molecule has 5 heteroatoms. The lowest BCUT2D eigenvalue weighted by Gasteiger charge is -2.21. The van der Waals surface area contributed by atoms with E-state index < -0.39 is 0 Å². The number of nitrogens with one attached hydrogen (secondary N) is 1. The van der Waals surface area contributed by atoms with Crippen LogP contribution in [0.25, 0.3) is 0 Å². The molecule has 0 unspecified atom stereocenters. The molecule has 3 aromatic rings. The van der Waals surface area contributed by atoms with E-state index >= 15 is 0 Å². The Morgan fingerprint density at radius 1 is 0.828 bits per heavy atom. The van der Waals surface area contributed by atoms with Crippen molar-refractivity contribution >= 4 is 5.91 Å². The molecule has 150 valence electrons. The summed E-state index contributed by atoms with van der Waals surface area (Å²) in [6, 6.07) is 22.2. The molecule has 0 spiro atoms. The summed E-state index contributed by atoms with van der Waals surface area (Å²) < 4.78 is 16.1. The number of hydrogen-bond acceptors (Lipinski definition) is 4. The molecule has 0 radical (unpaired) electrons. The molecule has 1 atom stereocenters. The molecule has 1 amide bonds. The molecule has 0 aliphatic carbocycles. The van der Waals surface area contributed by atoms with Crippen molar-refractivity contribution < 1.29 is 19.0 Å². The highest BCUT2D eigenvalue weighted by molar-refractivity contribution is 5.97. The third-order valence-corrected chi connectivity index (χ3v) is 4.60. The van der Waals surface area contributed by atoms with Gasteiger partial charge in [0.2, 0.25) is 0 Å². The first-order valence-electron chi connectivity index (χ1n) is 9.46. The van der Waals surface area contributed by atoms with Crippen LogP contribution in [0.1, 0.15) is 34.5 Å². The predicted octanol–water partition coefficient (Wildman–Crippen LogP) is 4.62. The topological polar surface area (TPSA) is 56.8 Å². The van der Waals surface area contributed by atoms with Gasteiger partial charge in [-0.3, -0.25) is 4.79 Å². The van der Waals surface area contributed by atoms with Crippen molar-refractivity contribution in [1.82, 2.24) is 5.32 Å². The highest BCUT2D eigenvalue weighted by Crippen LogP contribution is 2.27. The van der Waals surface area contributed by atoms with Crippen molar-refractivity contribution in [2.24, 2.45) is 0 Å². The van der Waals surface area contributed by atoms with E-state index in [1.165, 1.54) is 0 Å². The molecule has 3 rings (SSSR count). The number of carbonyl (C=O) groups excluding carboxylic acids is 1. The molecule has 0 aliphatic heterocycles. The van der Waals surface area contributed by atoms with Crippen LogP contribution in [0, 0.1) is 0 Å². The van der Waals surface area contributed by atoms with Crippen LogP contribution >= 0.6 is 0 Å². The van der Waals surface area contributed by atoms with E-state index in [1.54, 1.807) is 26.4 Å². The van der Waals surface area contributed by atoms with Gasteiger partial charge in [0.25, 0.3) is 5.91 Å². The minimum absolute atomic E-state index is 0.211. The van der Waals surface area contributed by atoms with E-state index in [0.717, 1.165) is 22.6 Å². The Kier molecular flexibility index (Phi) is 6.74. The summed E-state index contributed by atoms with van der Waals surface area (Å²) in [5.41, 5.74) is 2.37. The van der Waals surface area contributed by atoms with Crippen molar-refractivity contribution in [1.29, 1.82) is 0 Å². The molecule has 0 bridgehead atoms. The number of rotatable bonds is 8. The summed E-state index contributed by atoms with van der Waals surface area (Å²) in [7, 11) is 3.18. The number of benzene rings is 3. The maximum absolute atomic E-state index is 13.0. The van der Waals surface area contributed by atoms with Gasteiger partial charge in [0.15, 0.2) is 0 Å². The fourth-order valence-electron chi connectivity index (χ4n) is 3.12. The monoisotopic (exact) mass is 391 g/mol. The number of amides is 1. The Balaban J connectivity index is 1.94. The zero-order valence-electron chi connectivity index (χ0n) is 16.8. The van der Waals surface area contributed by atoms with Crippen molar-refractivity contribution in [3.05, 3.63) is 89.5 Å². The summed E-state index contributed by atoms with van der Waals surface area (Å²) >= 11 is 0. The first-order chi connectivity index (χ1) is 14.2. The second-order valence-electron chi connectivity index (χ2n) is 6.38. The normalized spacial score (nSPS) is 11.4. The molecule has 5 nitrogen and oxygen atoms in total. The SMILES string of the molecule is CCOc1ccc([C@@H](NC(=O)c2ccccc2OC)c2ccc(OC)cc2)cc1. The summed E-state index contributed by atoms with van der Waals surface area (Å²) in [5, 5.41) is 3.13. The van der Waals surface area contributed by atoms with Gasteiger partial charge in [0.1, 0.15) is 17.2 Å². The van der Waals surface area contributed by atoms with Gasteiger partial charge in [-0.25, -0.2) is 0 Å². The molecule has 0 saturated carbocycles. The number of hydrogen-bond donors (Lipinski definition) is 1. The van der Waals surface area contributed by atoms with Crippen LogP contribution in [0.3, 0.4) is 0 Å². The van der Waals surface area contributed by atoms with Crippen molar-refractivity contribution in [3.63, 3.8) is 0 Å². The average Bonchev–Trinajstić information content (AvgIpc) is 2.78. The lowest BCUT2D eigenvalue weighted by Crippen LogP contribution is -2.29. The average molecular weight is 391 g/mol. The van der Waals surface area contributed by atoms with E-state index in [4.69, 9.17) is 14.2 Å². The van der Waals surface area contributed by atoms with Crippen LogP contribution in [0.4, 0.5) is 0 Å². The smallest absolute Gasteiger partial charge is 0.255 e. The van der Waals surface area contributed by atoms with Gasteiger partial charge in [-0.05, 0) is 54.4 Å². The first kappa shape index (κ1) is 20.3. The molecule has 3 aromatic carbocycles. The lowest BCUT2D eigenvalue weighted by atomic mass is 9.98. The second kappa shape index (κ2) is 9.64. The molecule has 0 aliphatic rings. The van der Waals surface area contributed by atoms with Crippen molar-refractivity contribution in [2.45, 2.75) is 13.0 Å². The number of carbonyl (C=O) groups is 1. The zero-order valence-corrected chi connectivity index (χ0v) is 16.8. The molecule has 0 saturated heterocycles. The maximum atomic E-state index is 13.0. The number of methoxy groups -OCH3 is 2. The maximum Gasteiger partial charge on any atom is 0.255 e.